The molecule has 0 bridgehead atoms. The van der Waals surface area contributed by atoms with Gasteiger partial charge < -0.3 is 24.8 Å². The molecule has 2 aliphatic carbocycles. The van der Waals surface area contributed by atoms with Crippen LogP contribution in [0.25, 0.3) is 11.1 Å². The molecule has 0 amide bonds. The molecule has 0 N–H and O–H groups in total. The van der Waals surface area contributed by atoms with E-state index in [1.807, 2.05) is 3.28 Å². The Morgan fingerprint density at radius 3 is 1.48 bits per heavy atom. The number of benzene rings is 2. The van der Waals surface area contributed by atoms with Crippen LogP contribution >= 0.6 is 0 Å². The van der Waals surface area contributed by atoms with Crippen molar-refractivity contribution in [2.24, 2.45) is 11.3 Å². The van der Waals surface area contributed by atoms with E-state index < -0.39 is 21.3 Å². The van der Waals surface area contributed by atoms with E-state index in [1.165, 1.54) is 28.7 Å². The topological polar surface area (TPSA) is 0 Å². The monoisotopic (exact) mass is 656 g/mol. The van der Waals surface area contributed by atoms with Gasteiger partial charge in [-0.2, -0.15) is 0 Å². The van der Waals surface area contributed by atoms with E-state index in [2.05, 4.69) is 132 Å². The van der Waals surface area contributed by atoms with Crippen LogP contribution in [0.2, 0.25) is 0 Å². The van der Waals surface area contributed by atoms with Gasteiger partial charge in [-0.1, -0.05) is 0 Å². The molecule has 0 fully saturated rings. The summed E-state index contributed by atoms with van der Waals surface area (Å²) >= 11 is -2.32. The third-order valence-electron chi connectivity index (χ3n) is 8.86. The Bertz CT molecular complexity index is 1280. The average Bonchev–Trinajstić information content (AvgIpc) is 3.33. The molecule has 0 saturated carbocycles. The zero-order valence-electron chi connectivity index (χ0n) is 27.4. The first kappa shape index (κ1) is 35.4. The molecule has 3 heteroatoms. The smallest absolute Gasteiger partial charge is 1.00 e. The number of hydrogen-bond donors (Lipinski definition) is 0. The normalized spacial score (nSPS) is 16.9. The van der Waals surface area contributed by atoms with Crippen molar-refractivity contribution >= 4 is 3.21 Å². The summed E-state index contributed by atoms with van der Waals surface area (Å²) in [6.45, 7) is 31.1. The Labute approximate surface area is 266 Å². The summed E-state index contributed by atoms with van der Waals surface area (Å²) in [6.07, 6.45) is 5.05. The number of allylic oxidation sites excluding steroid dienone is 4. The first-order valence-electron chi connectivity index (χ1n) is 14.9. The van der Waals surface area contributed by atoms with Crippen LogP contribution in [-0.2, 0) is 32.1 Å². The Hall–Kier alpha value is -0.747. The molecule has 0 aliphatic heterocycles. The van der Waals surface area contributed by atoms with Crippen molar-refractivity contribution in [2.45, 2.75) is 117 Å². The van der Waals surface area contributed by atoms with Crippen molar-refractivity contribution < 1.29 is 46.1 Å². The Kier molecular flexibility index (Phi) is 11.0. The van der Waals surface area contributed by atoms with E-state index in [0.29, 0.717) is 9.54 Å². The number of fused-ring (bicyclic) bond motifs is 3. The molecule has 2 aromatic carbocycles. The van der Waals surface area contributed by atoms with Gasteiger partial charge in [0.1, 0.15) is 0 Å². The maximum absolute atomic E-state index is 2.68. The van der Waals surface area contributed by atoms with E-state index in [0.717, 1.165) is 6.42 Å². The van der Waals surface area contributed by atoms with Crippen LogP contribution in [0.3, 0.4) is 0 Å². The van der Waals surface area contributed by atoms with Gasteiger partial charge in [0.05, 0.1) is 0 Å². The molecule has 0 spiro atoms. The van der Waals surface area contributed by atoms with Gasteiger partial charge in [0.2, 0.25) is 0 Å². The summed E-state index contributed by atoms with van der Waals surface area (Å²) in [5.41, 5.74) is 13.0. The van der Waals surface area contributed by atoms with Crippen LogP contribution < -0.4 is 24.8 Å². The van der Waals surface area contributed by atoms with Crippen LogP contribution in [0.5, 0.6) is 0 Å². The van der Waals surface area contributed by atoms with Crippen molar-refractivity contribution in [3.63, 3.8) is 0 Å². The third kappa shape index (κ3) is 6.43. The fourth-order valence-corrected chi connectivity index (χ4v) is 16.3. The van der Waals surface area contributed by atoms with E-state index in [1.54, 1.807) is 25.5 Å². The van der Waals surface area contributed by atoms with E-state index in [-0.39, 0.29) is 41.1 Å². The van der Waals surface area contributed by atoms with Crippen LogP contribution in [0, 0.1) is 11.3 Å². The van der Waals surface area contributed by atoms with Gasteiger partial charge >= 0.3 is 243 Å². The first-order chi connectivity index (χ1) is 17.5. The molecule has 218 valence electrons. The summed E-state index contributed by atoms with van der Waals surface area (Å²) < 4.78 is 4.19. The third-order valence-corrected chi connectivity index (χ3v) is 17.5. The molecular weight excluding hydrogens is 607 g/mol. The summed E-state index contributed by atoms with van der Waals surface area (Å²) in [4.78, 5) is 0. The van der Waals surface area contributed by atoms with Crippen molar-refractivity contribution in [3.8, 4) is 11.1 Å². The van der Waals surface area contributed by atoms with Crippen molar-refractivity contribution in [3.05, 3.63) is 79.2 Å². The van der Waals surface area contributed by atoms with Crippen LogP contribution in [0.4, 0.5) is 0 Å². The zero-order valence-corrected chi connectivity index (χ0v) is 31.3. The second kappa shape index (κ2) is 12.5. The number of hydrogen-bond acceptors (Lipinski definition) is 0. The summed E-state index contributed by atoms with van der Waals surface area (Å²) in [7, 11) is 0. The van der Waals surface area contributed by atoms with Gasteiger partial charge in [-0.3, -0.25) is 0 Å². The average molecular weight is 659 g/mol. The number of halogens is 2. The Morgan fingerprint density at radius 1 is 0.700 bits per heavy atom. The molecule has 2 aliphatic rings. The molecule has 0 saturated heterocycles. The van der Waals surface area contributed by atoms with E-state index in [4.69, 9.17) is 0 Å². The SMILES string of the molecule is CCC1=[C]([Zr+2](=[C](C)C)[CH]2c3ccc(C(C)(C)C)cc3-c3cc(C(C)(C)C)ccc32)C(CC)C=C1C(C)(C)C.[Cl-].[Cl-]. The predicted molar refractivity (Wildman–Crippen MR) is 166 cm³/mol. The summed E-state index contributed by atoms with van der Waals surface area (Å²) in [6, 6.07) is 15.0. The fraction of sp³-hybridized carbons (Fsp3) is 0.541. The maximum Gasteiger partial charge on any atom is -1.00 e. The molecule has 4 rings (SSSR count). The van der Waals surface area contributed by atoms with E-state index >= 15 is 0 Å². The molecule has 40 heavy (non-hydrogen) atoms. The molecule has 0 nitrogen and oxygen atoms in total. The molecule has 2 aromatic rings. The Morgan fingerprint density at radius 2 is 1.15 bits per heavy atom. The first-order valence-corrected chi connectivity index (χ1v) is 18.8. The molecule has 0 heterocycles. The largest absolute Gasteiger partial charge is 1.00 e. The molecule has 0 aromatic heterocycles. The van der Waals surface area contributed by atoms with Gasteiger partial charge in [-0.15, -0.1) is 0 Å². The van der Waals surface area contributed by atoms with Crippen LogP contribution in [0.1, 0.15) is 129 Å². The number of rotatable bonds is 4. The van der Waals surface area contributed by atoms with Gasteiger partial charge in [0.25, 0.3) is 0 Å². The van der Waals surface area contributed by atoms with Crippen molar-refractivity contribution in [2.75, 3.05) is 0 Å². The Balaban J connectivity index is 0.00000280. The van der Waals surface area contributed by atoms with Gasteiger partial charge in [-0.25, -0.2) is 0 Å². The van der Waals surface area contributed by atoms with Gasteiger partial charge in [0.15, 0.2) is 0 Å². The minimum absolute atomic E-state index is 0. The molecule has 1 unspecified atom stereocenters. The minimum Gasteiger partial charge on any atom is -1.00 e. The second-order valence-electron chi connectivity index (χ2n) is 15.0. The fourth-order valence-electron chi connectivity index (χ4n) is 6.73. The summed E-state index contributed by atoms with van der Waals surface area (Å²) in [5, 5.41) is 0. The maximum atomic E-state index is 2.68. The van der Waals surface area contributed by atoms with Crippen molar-refractivity contribution in [1.82, 2.24) is 0 Å². The minimum atomic E-state index is -2.32. The molecular formula is C37H52Cl2Zr. The standard InChI is InChI=1S/C21H25.C13H21.C3H6.2ClH.Zr/c1-20(2,3)16-9-7-14-11-15-8-10-17(21(4,5)6)13-19(15)18(14)12-16;1-6-10-8-11(7-2)12(9-10)13(3,4)5;1-3-2;;;/h7-13H,1-6H3;9-10H,6-7H2,1-5H3;1-2H3;2*1H;/q;;;;;+2/p-2. The van der Waals surface area contributed by atoms with Crippen molar-refractivity contribution in [1.29, 1.82) is 0 Å². The van der Waals surface area contributed by atoms with Crippen LogP contribution in [-0.4, -0.2) is 3.21 Å². The van der Waals surface area contributed by atoms with Crippen LogP contribution in [0.15, 0.2) is 56.9 Å². The predicted octanol–water partition coefficient (Wildman–Crippen LogP) is 4.87. The van der Waals surface area contributed by atoms with Gasteiger partial charge in [0, 0.05) is 0 Å². The quantitative estimate of drug-likeness (QED) is 0.440. The van der Waals surface area contributed by atoms with E-state index in [9.17, 15) is 0 Å². The zero-order chi connectivity index (χ0) is 28.4. The molecule has 0 radical (unpaired) electrons. The summed E-state index contributed by atoms with van der Waals surface area (Å²) in [5.74, 6) is 0.610. The molecule has 1 atom stereocenters. The second-order valence-corrected chi connectivity index (χ2v) is 22.3. The van der Waals surface area contributed by atoms with Gasteiger partial charge in [-0.05, 0) is 0 Å².